The SMILES string of the molecule is CN1CCN(C(=O)[C@@H]2C[C@H]2c2cccnc2)c2cccc(F)c21. The number of benzene rings is 1. The molecule has 118 valence electrons. The Bertz CT molecular complexity index is 749. The summed E-state index contributed by atoms with van der Waals surface area (Å²) in [5, 5.41) is 0. The number of nitrogens with zero attached hydrogens (tertiary/aromatic N) is 3. The van der Waals surface area contributed by atoms with Crippen molar-refractivity contribution >= 4 is 17.3 Å². The number of pyridine rings is 1. The van der Waals surface area contributed by atoms with E-state index in [-0.39, 0.29) is 23.6 Å². The molecule has 2 aliphatic rings. The number of carbonyl (C=O) groups excluding carboxylic acids is 1. The first kappa shape index (κ1) is 14.2. The van der Waals surface area contributed by atoms with Crippen molar-refractivity contribution in [2.75, 3.05) is 29.9 Å². The number of aromatic nitrogens is 1. The van der Waals surface area contributed by atoms with Gasteiger partial charge in [0.25, 0.3) is 0 Å². The molecule has 0 bridgehead atoms. The van der Waals surface area contributed by atoms with Crippen LogP contribution in [0.5, 0.6) is 0 Å². The van der Waals surface area contributed by atoms with Gasteiger partial charge in [0.05, 0.1) is 11.4 Å². The number of fused-ring (bicyclic) bond motifs is 1. The number of hydrogen-bond acceptors (Lipinski definition) is 3. The molecule has 4 nitrogen and oxygen atoms in total. The fourth-order valence-corrected chi connectivity index (χ4v) is 3.44. The smallest absolute Gasteiger partial charge is 0.230 e. The summed E-state index contributed by atoms with van der Waals surface area (Å²) in [5.41, 5.74) is 2.31. The molecule has 1 aromatic carbocycles. The number of rotatable bonds is 2. The Labute approximate surface area is 134 Å². The Kier molecular flexibility index (Phi) is 3.29. The fourth-order valence-electron chi connectivity index (χ4n) is 3.44. The van der Waals surface area contributed by atoms with Gasteiger partial charge >= 0.3 is 0 Å². The highest BCUT2D eigenvalue weighted by Crippen LogP contribution is 2.49. The van der Waals surface area contributed by atoms with Crippen molar-refractivity contribution in [3.63, 3.8) is 0 Å². The molecule has 5 heteroatoms. The molecule has 1 fully saturated rings. The third kappa shape index (κ3) is 2.36. The summed E-state index contributed by atoms with van der Waals surface area (Å²) in [5.74, 6) is 0.0486. The molecular formula is C18H18FN3O. The number of para-hydroxylation sites is 1. The van der Waals surface area contributed by atoms with E-state index in [0.717, 1.165) is 12.0 Å². The number of hydrogen-bond donors (Lipinski definition) is 0. The summed E-state index contributed by atoms with van der Waals surface area (Å²) in [6, 6.07) is 8.85. The number of anilines is 2. The lowest BCUT2D eigenvalue weighted by molar-refractivity contribution is -0.119. The molecule has 0 unspecified atom stereocenters. The summed E-state index contributed by atoms with van der Waals surface area (Å²) >= 11 is 0. The summed E-state index contributed by atoms with van der Waals surface area (Å²) in [4.78, 5) is 20.6. The second-order valence-corrected chi connectivity index (χ2v) is 6.25. The summed E-state index contributed by atoms with van der Waals surface area (Å²) in [6.07, 6.45) is 4.42. The van der Waals surface area contributed by atoms with Crippen LogP contribution >= 0.6 is 0 Å². The molecule has 0 N–H and O–H groups in total. The van der Waals surface area contributed by atoms with Gasteiger partial charge in [0.2, 0.25) is 5.91 Å². The molecule has 23 heavy (non-hydrogen) atoms. The van der Waals surface area contributed by atoms with Crippen molar-refractivity contribution in [3.8, 4) is 0 Å². The third-order valence-electron chi connectivity index (χ3n) is 4.78. The monoisotopic (exact) mass is 311 g/mol. The van der Waals surface area contributed by atoms with Crippen molar-refractivity contribution < 1.29 is 9.18 Å². The molecule has 1 aromatic heterocycles. The second-order valence-electron chi connectivity index (χ2n) is 6.25. The average Bonchev–Trinajstić information content (AvgIpc) is 3.36. The Morgan fingerprint density at radius 3 is 2.91 bits per heavy atom. The first-order chi connectivity index (χ1) is 11.2. The van der Waals surface area contributed by atoms with Gasteiger partial charge in [0, 0.05) is 38.4 Å². The van der Waals surface area contributed by atoms with E-state index in [1.54, 1.807) is 17.2 Å². The van der Waals surface area contributed by atoms with E-state index in [9.17, 15) is 9.18 Å². The van der Waals surface area contributed by atoms with Crippen molar-refractivity contribution in [2.45, 2.75) is 12.3 Å². The van der Waals surface area contributed by atoms with Crippen LogP contribution in [0.4, 0.5) is 15.8 Å². The molecule has 1 aliphatic heterocycles. The zero-order chi connectivity index (χ0) is 16.0. The lowest BCUT2D eigenvalue weighted by Gasteiger charge is -2.36. The molecule has 0 radical (unpaired) electrons. The molecule has 2 heterocycles. The molecule has 1 saturated carbocycles. The van der Waals surface area contributed by atoms with Crippen LogP contribution in [-0.2, 0) is 4.79 Å². The zero-order valence-corrected chi connectivity index (χ0v) is 12.9. The van der Waals surface area contributed by atoms with E-state index in [2.05, 4.69) is 4.98 Å². The summed E-state index contributed by atoms with van der Waals surface area (Å²) in [7, 11) is 1.86. The van der Waals surface area contributed by atoms with Gasteiger partial charge in [-0.25, -0.2) is 4.39 Å². The van der Waals surface area contributed by atoms with E-state index in [0.29, 0.717) is 24.5 Å². The number of likely N-dealkylation sites (N-methyl/N-ethyl adjacent to an activating group) is 1. The van der Waals surface area contributed by atoms with Gasteiger partial charge in [-0.1, -0.05) is 12.1 Å². The summed E-state index contributed by atoms with van der Waals surface area (Å²) in [6.45, 7) is 1.24. The minimum absolute atomic E-state index is 0.0151. The largest absolute Gasteiger partial charge is 0.369 e. The van der Waals surface area contributed by atoms with Crippen LogP contribution in [-0.4, -0.2) is 31.0 Å². The molecule has 0 saturated heterocycles. The maximum absolute atomic E-state index is 14.1. The Hall–Kier alpha value is -2.43. The highest BCUT2D eigenvalue weighted by molar-refractivity contribution is 6.01. The van der Waals surface area contributed by atoms with Gasteiger partial charge in [0.1, 0.15) is 5.82 Å². The Morgan fingerprint density at radius 1 is 1.26 bits per heavy atom. The van der Waals surface area contributed by atoms with E-state index in [4.69, 9.17) is 0 Å². The summed E-state index contributed by atoms with van der Waals surface area (Å²) < 4.78 is 14.1. The maximum atomic E-state index is 14.1. The van der Waals surface area contributed by atoms with E-state index in [1.165, 1.54) is 6.07 Å². The van der Waals surface area contributed by atoms with Gasteiger partial charge in [0.15, 0.2) is 0 Å². The van der Waals surface area contributed by atoms with Crippen molar-refractivity contribution in [2.24, 2.45) is 5.92 Å². The molecule has 0 spiro atoms. The van der Waals surface area contributed by atoms with Crippen LogP contribution in [0.3, 0.4) is 0 Å². The van der Waals surface area contributed by atoms with Gasteiger partial charge in [-0.05, 0) is 36.1 Å². The van der Waals surface area contributed by atoms with Gasteiger partial charge in [-0.2, -0.15) is 0 Å². The lowest BCUT2D eigenvalue weighted by atomic mass is 10.1. The maximum Gasteiger partial charge on any atom is 0.230 e. The van der Waals surface area contributed by atoms with Crippen LogP contribution < -0.4 is 9.80 Å². The van der Waals surface area contributed by atoms with Crippen LogP contribution in [0.15, 0.2) is 42.7 Å². The van der Waals surface area contributed by atoms with Gasteiger partial charge in [-0.3, -0.25) is 9.78 Å². The normalized spacial score (nSPS) is 22.7. The first-order valence-corrected chi connectivity index (χ1v) is 7.88. The average molecular weight is 311 g/mol. The minimum atomic E-state index is -0.276. The van der Waals surface area contributed by atoms with Crippen LogP contribution in [0.25, 0.3) is 0 Å². The minimum Gasteiger partial charge on any atom is -0.369 e. The Balaban J connectivity index is 1.60. The Morgan fingerprint density at radius 2 is 2.13 bits per heavy atom. The quantitative estimate of drug-likeness (QED) is 0.856. The van der Waals surface area contributed by atoms with Crippen molar-refractivity contribution in [1.82, 2.24) is 4.98 Å². The number of halogens is 1. The molecule has 1 aliphatic carbocycles. The lowest BCUT2D eigenvalue weighted by Crippen LogP contribution is -2.44. The molecular weight excluding hydrogens is 293 g/mol. The molecule has 1 amide bonds. The van der Waals surface area contributed by atoms with Crippen LogP contribution in [0.1, 0.15) is 17.9 Å². The van der Waals surface area contributed by atoms with E-state index in [1.807, 2.05) is 36.3 Å². The molecule has 2 atom stereocenters. The van der Waals surface area contributed by atoms with Gasteiger partial charge < -0.3 is 9.80 Å². The predicted molar refractivity (Wildman–Crippen MR) is 87.1 cm³/mol. The topological polar surface area (TPSA) is 36.4 Å². The highest BCUT2D eigenvalue weighted by Gasteiger charge is 2.47. The third-order valence-corrected chi connectivity index (χ3v) is 4.78. The fraction of sp³-hybridized carbons (Fsp3) is 0.333. The van der Waals surface area contributed by atoms with E-state index >= 15 is 0 Å². The molecule has 2 aromatic rings. The van der Waals surface area contributed by atoms with Crippen molar-refractivity contribution in [3.05, 3.63) is 54.1 Å². The first-order valence-electron chi connectivity index (χ1n) is 7.88. The predicted octanol–water partition coefficient (Wildman–Crippen LogP) is 2.81. The second kappa shape index (κ2) is 5.33. The zero-order valence-electron chi connectivity index (χ0n) is 12.9. The number of amides is 1. The standard InChI is InChI=1S/C18H18FN3O/c1-21-8-9-22(16-6-2-5-15(19)17(16)21)18(23)14-10-13(14)12-4-3-7-20-11-12/h2-7,11,13-14H,8-10H2,1H3/t13-,14+/m0/s1. The van der Waals surface area contributed by atoms with E-state index < -0.39 is 0 Å². The highest BCUT2D eigenvalue weighted by atomic mass is 19.1. The number of carbonyl (C=O) groups is 1. The van der Waals surface area contributed by atoms with Gasteiger partial charge in [-0.15, -0.1) is 0 Å². The van der Waals surface area contributed by atoms with Crippen molar-refractivity contribution in [1.29, 1.82) is 0 Å². The van der Waals surface area contributed by atoms with Crippen LogP contribution in [0, 0.1) is 11.7 Å². The van der Waals surface area contributed by atoms with Crippen LogP contribution in [0.2, 0.25) is 0 Å². The molecule has 4 rings (SSSR count).